The lowest BCUT2D eigenvalue weighted by Crippen LogP contribution is -2.55. The summed E-state index contributed by atoms with van der Waals surface area (Å²) in [5, 5.41) is 7.67. The van der Waals surface area contributed by atoms with Crippen LogP contribution in [0.1, 0.15) is 26.0 Å². The number of guanidine groups is 1. The summed E-state index contributed by atoms with van der Waals surface area (Å²) in [6.07, 6.45) is 2.83. The highest BCUT2D eigenvalue weighted by atomic mass is 16.5. The summed E-state index contributed by atoms with van der Waals surface area (Å²) in [4.78, 5) is 11.9. The first-order valence-corrected chi connectivity index (χ1v) is 10.5. The van der Waals surface area contributed by atoms with E-state index < -0.39 is 0 Å². The van der Waals surface area contributed by atoms with Crippen molar-refractivity contribution in [3.05, 3.63) is 18.0 Å². The van der Waals surface area contributed by atoms with Gasteiger partial charge in [-0.25, -0.2) is 0 Å². The summed E-state index contributed by atoms with van der Waals surface area (Å²) in [6.45, 7) is 14.1. The Morgan fingerprint density at radius 1 is 1.18 bits per heavy atom. The molecule has 2 aliphatic heterocycles. The predicted molar refractivity (Wildman–Crippen MR) is 110 cm³/mol. The summed E-state index contributed by atoms with van der Waals surface area (Å²) in [6, 6.07) is 2.46. The minimum atomic E-state index is 0.522. The zero-order chi connectivity index (χ0) is 19.8. The van der Waals surface area contributed by atoms with E-state index in [0.717, 1.165) is 77.2 Å². The number of morpholine rings is 1. The lowest BCUT2D eigenvalue weighted by Gasteiger charge is -2.38. The van der Waals surface area contributed by atoms with Crippen LogP contribution in [0.3, 0.4) is 0 Å². The monoisotopic (exact) mass is 392 g/mol. The van der Waals surface area contributed by atoms with E-state index in [1.165, 1.54) is 6.42 Å². The highest BCUT2D eigenvalue weighted by Gasteiger charge is 2.24. The molecule has 0 bridgehead atoms. The van der Waals surface area contributed by atoms with Gasteiger partial charge in [0.05, 0.1) is 18.9 Å². The Hall–Kier alpha value is -1.64. The smallest absolute Gasteiger partial charge is 0.193 e. The van der Waals surface area contributed by atoms with Crippen LogP contribution >= 0.6 is 0 Å². The molecule has 1 aromatic rings. The molecule has 8 heteroatoms. The number of piperazine rings is 1. The van der Waals surface area contributed by atoms with Crippen molar-refractivity contribution in [1.82, 2.24) is 25.2 Å². The van der Waals surface area contributed by atoms with E-state index in [4.69, 9.17) is 9.26 Å². The van der Waals surface area contributed by atoms with Crippen LogP contribution in [-0.4, -0.2) is 97.9 Å². The summed E-state index contributed by atoms with van der Waals surface area (Å²) >= 11 is 0. The van der Waals surface area contributed by atoms with Gasteiger partial charge in [-0.15, -0.1) is 0 Å². The van der Waals surface area contributed by atoms with Crippen LogP contribution in [0.15, 0.2) is 21.8 Å². The predicted octanol–water partition coefficient (Wildman–Crippen LogP) is 1.11. The van der Waals surface area contributed by atoms with Gasteiger partial charge >= 0.3 is 0 Å². The Labute approximate surface area is 168 Å². The molecule has 3 heterocycles. The molecule has 2 fully saturated rings. The summed E-state index contributed by atoms with van der Waals surface area (Å²) < 4.78 is 10.5. The molecule has 0 aromatic carbocycles. The number of hydrogen-bond donors (Lipinski definition) is 1. The first kappa shape index (κ1) is 21.1. The molecule has 28 heavy (non-hydrogen) atoms. The van der Waals surface area contributed by atoms with E-state index >= 15 is 0 Å². The molecule has 158 valence electrons. The lowest BCUT2D eigenvalue weighted by atomic mass is 10.0. The van der Waals surface area contributed by atoms with Crippen LogP contribution < -0.4 is 5.32 Å². The van der Waals surface area contributed by atoms with Crippen molar-refractivity contribution in [2.75, 3.05) is 66.1 Å². The van der Waals surface area contributed by atoms with Crippen molar-refractivity contribution in [2.45, 2.75) is 32.9 Å². The van der Waals surface area contributed by atoms with Gasteiger partial charge in [0.15, 0.2) is 5.96 Å². The van der Waals surface area contributed by atoms with Gasteiger partial charge < -0.3 is 19.5 Å². The Morgan fingerprint density at radius 2 is 1.93 bits per heavy atom. The Kier molecular flexibility index (Phi) is 8.12. The summed E-state index contributed by atoms with van der Waals surface area (Å²) in [7, 11) is 1.89. The Balaban J connectivity index is 1.47. The number of nitrogens with zero attached hydrogens (tertiary/aromatic N) is 5. The van der Waals surface area contributed by atoms with Gasteiger partial charge in [0.2, 0.25) is 0 Å². The van der Waals surface area contributed by atoms with Crippen LogP contribution in [-0.2, 0) is 11.3 Å². The maximum atomic E-state index is 5.54. The van der Waals surface area contributed by atoms with Gasteiger partial charge in [-0.3, -0.25) is 14.8 Å². The normalized spacial score (nSPS) is 21.3. The van der Waals surface area contributed by atoms with E-state index in [-0.39, 0.29) is 0 Å². The summed E-state index contributed by atoms with van der Waals surface area (Å²) in [5.74, 6) is 1.69. The van der Waals surface area contributed by atoms with Gasteiger partial charge in [0.25, 0.3) is 0 Å². The Morgan fingerprint density at radius 3 is 2.54 bits per heavy atom. The van der Waals surface area contributed by atoms with Crippen molar-refractivity contribution >= 4 is 5.96 Å². The molecule has 0 radical (unpaired) electrons. The van der Waals surface area contributed by atoms with Crippen LogP contribution in [0, 0.1) is 5.92 Å². The average Bonchev–Trinajstić information content (AvgIpc) is 3.22. The standard InChI is InChI=1S/C20H36N6O2/c1-17(2)14-19(25-9-12-27-13-10-25)15-22-20(21-3)26-7-5-24(6-8-26)16-18-4-11-28-23-18/h4,11,17,19H,5-10,12-16H2,1-3H3,(H,21,22). The van der Waals surface area contributed by atoms with Crippen molar-refractivity contribution in [2.24, 2.45) is 10.9 Å². The largest absolute Gasteiger partial charge is 0.379 e. The van der Waals surface area contributed by atoms with Crippen molar-refractivity contribution in [3.8, 4) is 0 Å². The SMILES string of the molecule is CN=C(NCC(CC(C)C)N1CCOCC1)N1CCN(Cc2ccon2)CC1. The molecule has 0 amide bonds. The van der Waals surface area contributed by atoms with E-state index in [1.54, 1.807) is 6.26 Å². The van der Waals surface area contributed by atoms with Crippen molar-refractivity contribution in [3.63, 3.8) is 0 Å². The van der Waals surface area contributed by atoms with Gasteiger partial charge in [-0.1, -0.05) is 19.0 Å². The number of ether oxygens (including phenoxy) is 1. The lowest BCUT2D eigenvalue weighted by molar-refractivity contribution is 0.0131. The number of nitrogens with one attached hydrogen (secondary N) is 1. The third kappa shape index (κ3) is 6.18. The molecule has 0 aliphatic carbocycles. The van der Waals surface area contributed by atoms with E-state index in [2.05, 4.69) is 44.0 Å². The summed E-state index contributed by atoms with van der Waals surface area (Å²) in [5.41, 5.74) is 0.998. The number of rotatable bonds is 7. The van der Waals surface area contributed by atoms with Crippen molar-refractivity contribution < 1.29 is 9.26 Å². The average molecular weight is 393 g/mol. The molecular formula is C20H36N6O2. The second kappa shape index (κ2) is 10.8. The van der Waals surface area contributed by atoms with E-state index in [0.29, 0.717) is 12.0 Å². The fraction of sp³-hybridized carbons (Fsp3) is 0.800. The molecule has 1 aromatic heterocycles. The van der Waals surface area contributed by atoms with Crippen LogP contribution in [0.2, 0.25) is 0 Å². The van der Waals surface area contributed by atoms with Crippen LogP contribution in [0.25, 0.3) is 0 Å². The third-order valence-electron chi connectivity index (χ3n) is 5.56. The minimum Gasteiger partial charge on any atom is -0.379 e. The molecule has 1 N–H and O–H groups in total. The van der Waals surface area contributed by atoms with Crippen molar-refractivity contribution in [1.29, 1.82) is 0 Å². The van der Waals surface area contributed by atoms with Gasteiger partial charge in [-0.05, 0) is 12.3 Å². The number of aromatic nitrogens is 1. The zero-order valence-corrected chi connectivity index (χ0v) is 17.6. The van der Waals surface area contributed by atoms with Crippen LogP contribution in [0.5, 0.6) is 0 Å². The second-order valence-electron chi connectivity index (χ2n) is 8.11. The highest BCUT2D eigenvalue weighted by Crippen LogP contribution is 2.13. The second-order valence-corrected chi connectivity index (χ2v) is 8.11. The molecule has 8 nitrogen and oxygen atoms in total. The topological polar surface area (TPSA) is 69.4 Å². The first-order chi connectivity index (χ1) is 13.7. The minimum absolute atomic E-state index is 0.522. The molecule has 2 saturated heterocycles. The first-order valence-electron chi connectivity index (χ1n) is 10.5. The molecule has 0 saturated carbocycles. The molecule has 0 spiro atoms. The fourth-order valence-electron chi connectivity index (χ4n) is 4.06. The number of aliphatic imine (C=N–C) groups is 1. The quantitative estimate of drug-likeness (QED) is 0.551. The van der Waals surface area contributed by atoms with E-state index in [1.807, 2.05) is 13.1 Å². The van der Waals surface area contributed by atoms with Gasteiger partial charge in [0, 0.05) is 71.5 Å². The maximum Gasteiger partial charge on any atom is 0.193 e. The molecule has 1 atom stereocenters. The number of hydrogen-bond acceptors (Lipinski definition) is 6. The Bertz CT molecular complexity index is 578. The molecule has 3 rings (SSSR count). The zero-order valence-electron chi connectivity index (χ0n) is 17.6. The highest BCUT2D eigenvalue weighted by molar-refractivity contribution is 5.80. The molecule has 2 aliphatic rings. The van der Waals surface area contributed by atoms with E-state index in [9.17, 15) is 0 Å². The van der Waals surface area contributed by atoms with Gasteiger partial charge in [-0.2, -0.15) is 0 Å². The molecule has 1 unspecified atom stereocenters. The fourth-order valence-corrected chi connectivity index (χ4v) is 4.06. The third-order valence-corrected chi connectivity index (χ3v) is 5.56. The van der Waals surface area contributed by atoms with Gasteiger partial charge in [0.1, 0.15) is 6.26 Å². The maximum absolute atomic E-state index is 5.54. The van der Waals surface area contributed by atoms with Crippen LogP contribution in [0.4, 0.5) is 0 Å². The molecular weight excluding hydrogens is 356 g/mol.